The Hall–Kier alpha value is -3.72. The van der Waals surface area contributed by atoms with Crippen molar-refractivity contribution in [2.45, 2.75) is 19.3 Å². The molecule has 6 nitrogen and oxygen atoms in total. The van der Waals surface area contributed by atoms with E-state index >= 15 is 0 Å². The number of benzene rings is 2. The lowest BCUT2D eigenvalue weighted by molar-refractivity contribution is 0.0718. The lowest BCUT2D eigenvalue weighted by Crippen LogP contribution is -2.36. The van der Waals surface area contributed by atoms with Crippen molar-refractivity contribution in [1.82, 2.24) is 14.9 Å². The van der Waals surface area contributed by atoms with Gasteiger partial charge in [0.25, 0.3) is 5.91 Å². The third-order valence-corrected chi connectivity index (χ3v) is 4.88. The minimum atomic E-state index is -0.0712. The molecule has 1 N–H and O–H groups in total. The van der Waals surface area contributed by atoms with Gasteiger partial charge in [-0.15, -0.1) is 0 Å². The highest BCUT2D eigenvalue weighted by Crippen LogP contribution is 2.23. The monoisotopic (exact) mass is 383 g/mol. The average Bonchev–Trinajstić information content (AvgIpc) is 2.79. The number of likely N-dealkylation sites (tertiary alicyclic amines) is 1. The van der Waals surface area contributed by atoms with Crippen LogP contribution in [0.1, 0.15) is 35.3 Å². The zero-order valence-electron chi connectivity index (χ0n) is 16.0. The molecule has 0 unspecified atom stereocenters. The van der Waals surface area contributed by atoms with Crippen molar-refractivity contribution in [3.05, 3.63) is 71.9 Å². The van der Waals surface area contributed by atoms with Crippen LogP contribution in [-0.2, 0) is 0 Å². The van der Waals surface area contributed by atoms with E-state index in [1.807, 2.05) is 41.3 Å². The summed E-state index contributed by atoms with van der Waals surface area (Å²) >= 11 is 0. The summed E-state index contributed by atoms with van der Waals surface area (Å²) in [4.78, 5) is 24.1. The first-order valence-corrected chi connectivity index (χ1v) is 9.74. The van der Waals surface area contributed by atoms with Crippen LogP contribution in [0.25, 0.3) is 11.4 Å². The highest BCUT2D eigenvalue weighted by molar-refractivity contribution is 5.93. The third kappa shape index (κ3) is 4.41. The smallest absolute Gasteiger partial charge is 0.272 e. The van der Waals surface area contributed by atoms with E-state index in [4.69, 9.17) is 5.26 Å². The number of carbonyl (C=O) groups excluding carboxylic acids is 1. The van der Waals surface area contributed by atoms with Crippen LogP contribution in [0, 0.1) is 11.3 Å². The van der Waals surface area contributed by atoms with Gasteiger partial charge in [-0.25, -0.2) is 9.97 Å². The third-order valence-electron chi connectivity index (χ3n) is 4.88. The second-order valence-electron chi connectivity index (χ2n) is 7.00. The standard InChI is InChI=1S/C23H21N5O/c24-16-17-8-7-11-19(14-17)25-21-15-20(23(29)28-12-5-2-6-13-28)26-22(27-21)18-9-3-1-4-10-18/h1,3-4,7-11,14-15H,2,5-6,12-13H2,(H,25,26,27). The zero-order valence-corrected chi connectivity index (χ0v) is 16.0. The summed E-state index contributed by atoms with van der Waals surface area (Å²) in [5.74, 6) is 0.944. The number of nitrogens with zero attached hydrogens (tertiary/aromatic N) is 4. The van der Waals surface area contributed by atoms with E-state index < -0.39 is 0 Å². The second kappa shape index (κ2) is 8.53. The van der Waals surface area contributed by atoms with Crippen LogP contribution in [0.15, 0.2) is 60.7 Å². The van der Waals surface area contributed by atoms with E-state index in [0.717, 1.165) is 43.6 Å². The number of hydrogen-bond donors (Lipinski definition) is 1. The normalized spacial score (nSPS) is 13.6. The van der Waals surface area contributed by atoms with Crippen LogP contribution in [-0.4, -0.2) is 33.9 Å². The van der Waals surface area contributed by atoms with Crippen molar-refractivity contribution in [2.75, 3.05) is 18.4 Å². The largest absolute Gasteiger partial charge is 0.340 e. The van der Waals surface area contributed by atoms with E-state index in [2.05, 4.69) is 21.4 Å². The minimum absolute atomic E-state index is 0.0712. The van der Waals surface area contributed by atoms with Crippen LogP contribution in [0.2, 0.25) is 0 Å². The van der Waals surface area contributed by atoms with Gasteiger partial charge in [0.2, 0.25) is 0 Å². The lowest BCUT2D eigenvalue weighted by atomic mass is 10.1. The highest BCUT2D eigenvalue weighted by atomic mass is 16.2. The number of aromatic nitrogens is 2. The van der Waals surface area contributed by atoms with Gasteiger partial charge in [0, 0.05) is 30.4 Å². The molecule has 0 bridgehead atoms. The maximum absolute atomic E-state index is 13.1. The number of hydrogen-bond acceptors (Lipinski definition) is 5. The van der Waals surface area contributed by atoms with E-state index in [-0.39, 0.29) is 5.91 Å². The molecule has 144 valence electrons. The Balaban J connectivity index is 1.71. The Kier molecular flexibility index (Phi) is 5.48. The number of nitriles is 1. The Morgan fingerprint density at radius 1 is 0.966 bits per heavy atom. The van der Waals surface area contributed by atoms with Crippen LogP contribution in [0.5, 0.6) is 0 Å². The lowest BCUT2D eigenvalue weighted by Gasteiger charge is -2.26. The molecule has 1 amide bonds. The molecule has 0 atom stereocenters. The van der Waals surface area contributed by atoms with Crippen molar-refractivity contribution in [3.63, 3.8) is 0 Å². The number of rotatable bonds is 4. The maximum atomic E-state index is 13.1. The van der Waals surface area contributed by atoms with Crippen molar-refractivity contribution < 1.29 is 4.79 Å². The topological polar surface area (TPSA) is 81.9 Å². The first-order chi connectivity index (χ1) is 14.2. The highest BCUT2D eigenvalue weighted by Gasteiger charge is 2.21. The summed E-state index contributed by atoms with van der Waals surface area (Å²) in [7, 11) is 0. The Bertz CT molecular complexity index is 1050. The summed E-state index contributed by atoms with van der Waals surface area (Å²) in [6.45, 7) is 1.52. The summed E-state index contributed by atoms with van der Waals surface area (Å²) in [5, 5.41) is 12.3. The molecule has 0 spiro atoms. The Labute approximate surface area is 169 Å². The second-order valence-corrected chi connectivity index (χ2v) is 7.00. The Morgan fingerprint density at radius 3 is 2.52 bits per heavy atom. The molecule has 6 heteroatoms. The van der Waals surface area contributed by atoms with Crippen molar-refractivity contribution in [1.29, 1.82) is 5.26 Å². The predicted octanol–water partition coefficient (Wildman–Crippen LogP) is 4.38. The molecule has 0 saturated carbocycles. The number of carbonyl (C=O) groups is 1. The number of nitrogens with one attached hydrogen (secondary N) is 1. The first-order valence-electron chi connectivity index (χ1n) is 9.74. The van der Waals surface area contributed by atoms with Crippen LogP contribution in [0.3, 0.4) is 0 Å². The van der Waals surface area contributed by atoms with Gasteiger partial charge in [0.1, 0.15) is 11.5 Å². The molecule has 2 heterocycles. The van der Waals surface area contributed by atoms with Gasteiger partial charge in [0.05, 0.1) is 11.6 Å². The van der Waals surface area contributed by atoms with E-state index in [1.54, 1.807) is 24.3 Å². The molecule has 29 heavy (non-hydrogen) atoms. The molecule has 0 aliphatic carbocycles. The van der Waals surface area contributed by atoms with Gasteiger partial charge in [0.15, 0.2) is 5.82 Å². The van der Waals surface area contributed by atoms with Gasteiger partial charge >= 0.3 is 0 Å². The quantitative estimate of drug-likeness (QED) is 0.723. The van der Waals surface area contributed by atoms with Gasteiger partial charge < -0.3 is 10.2 Å². The molecule has 1 aliphatic heterocycles. The number of amides is 1. The van der Waals surface area contributed by atoms with Crippen LogP contribution >= 0.6 is 0 Å². The summed E-state index contributed by atoms with van der Waals surface area (Å²) < 4.78 is 0. The van der Waals surface area contributed by atoms with Gasteiger partial charge in [-0.1, -0.05) is 36.4 Å². The first kappa shape index (κ1) is 18.6. The Morgan fingerprint density at radius 2 is 1.76 bits per heavy atom. The van der Waals surface area contributed by atoms with Gasteiger partial charge in [-0.05, 0) is 37.5 Å². The number of anilines is 2. The SMILES string of the molecule is N#Cc1cccc(Nc2cc(C(=O)N3CCCCC3)nc(-c3ccccc3)n2)c1. The van der Waals surface area contributed by atoms with Crippen molar-refractivity contribution in [3.8, 4) is 17.5 Å². The fraction of sp³-hybridized carbons (Fsp3) is 0.217. The molecule has 2 aromatic carbocycles. The summed E-state index contributed by atoms with van der Waals surface area (Å²) in [6.07, 6.45) is 3.20. The zero-order chi connectivity index (χ0) is 20.1. The molecule has 0 radical (unpaired) electrons. The van der Waals surface area contributed by atoms with Gasteiger partial charge in [-0.2, -0.15) is 5.26 Å². The molecule has 1 fully saturated rings. The van der Waals surface area contributed by atoms with Crippen molar-refractivity contribution in [2.24, 2.45) is 0 Å². The van der Waals surface area contributed by atoms with E-state index in [1.165, 1.54) is 0 Å². The summed E-state index contributed by atoms with van der Waals surface area (Å²) in [6, 6.07) is 20.6. The number of piperidine rings is 1. The molecular weight excluding hydrogens is 362 g/mol. The maximum Gasteiger partial charge on any atom is 0.272 e. The van der Waals surface area contributed by atoms with Crippen molar-refractivity contribution >= 4 is 17.4 Å². The van der Waals surface area contributed by atoms with Crippen LogP contribution < -0.4 is 5.32 Å². The fourth-order valence-electron chi connectivity index (χ4n) is 3.41. The molecule has 1 saturated heterocycles. The predicted molar refractivity (Wildman–Crippen MR) is 112 cm³/mol. The summed E-state index contributed by atoms with van der Waals surface area (Å²) in [5.41, 5.74) is 2.50. The van der Waals surface area contributed by atoms with E-state index in [0.29, 0.717) is 22.9 Å². The average molecular weight is 383 g/mol. The minimum Gasteiger partial charge on any atom is -0.340 e. The molecule has 4 rings (SSSR count). The van der Waals surface area contributed by atoms with E-state index in [9.17, 15) is 4.79 Å². The van der Waals surface area contributed by atoms with Gasteiger partial charge in [-0.3, -0.25) is 4.79 Å². The molecule has 1 aliphatic rings. The molecule has 1 aromatic heterocycles. The van der Waals surface area contributed by atoms with Crippen LogP contribution in [0.4, 0.5) is 11.5 Å². The molecular formula is C23H21N5O. The fourth-order valence-corrected chi connectivity index (χ4v) is 3.41. The molecule has 3 aromatic rings.